The molecule has 0 rings (SSSR count). The molecule has 0 saturated heterocycles. The average molecular weight is 496 g/mol. The standard InChI is InChI=1S/C19H30F6N2O6/c1-16(2,3)33-15(30)26-9-7-8-11(27-14(29)17(4,5)31-6)12(28)10-32-13(18(20,21)22)19(23,24)25/h11,13H,7-10H2,1-6H3,(H,26,30)(H,27,29). The second-order valence-electron chi connectivity index (χ2n) is 8.55. The average Bonchev–Trinajstić information content (AvgIpc) is 2.60. The van der Waals surface area contributed by atoms with Gasteiger partial charge >= 0.3 is 18.4 Å². The number of carbonyl (C=O) groups excluding carboxylic acids is 3. The van der Waals surface area contributed by atoms with Crippen LogP contribution >= 0.6 is 0 Å². The van der Waals surface area contributed by atoms with Crippen molar-refractivity contribution in [1.29, 1.82) is 0 Å². The van der Waals surface area contributed by atoms with E-state index in [1.165, 1.54) is 21.0 Å². The summed E-state index contributed by atoms with van der Waals surface area (Å²) in [5, 5.41) is 4.62. The summed E-state index contributed by atoms with van der Waals surface area (Å²) < 4.78 is 89.5. The van der Waals surface area contributed by atoms with Crippen LogP contribution in [0.4, 0.5) is 31.1 Å². The SMILES string of the molecule is COC(C)(C)C(=O)NC(CCCNC(=O)OC(C)(C)C)C(=O)COC(C(F)(F)F)C(F)(F)F. The molecule has 0 spiro atoms. The highest BCUT2D eigenvalue weighted by atomic mass is 19.4. The molecule has 1 unspecified atom stereocenters. The Bertz CT molecular complexity index is 659. The van der Waals surface area contributed by atoms with Gasteiger partial charge in [-0.05, 0) is 47.5 Å². The fourth-order valence-corrected chi connectivity index (χ4v) is 2.19. The Labute approximate surface area is 187 Å². The Balaban J connectivity index is 5.20. The minimum atomic E-state index is -5.79. The van der Waals surface area contributed by atoms with Crippen molar-refractivity contribution in [3.05, 3.63) is 0 Å². The molecule has 0 radical (unpaired) electrons. The molecular formula is C19H30F6N2O6. The van der Waals surface area contributed by atoms with Crippen molar-refractivity contribution in [2.75, 3.05) is 20.3 Å². The van der Waals surface area contributed by atoms with Gasteiger partial charge in [0.1, 0.15) is 17.8 Å². The number of ketones is 1. The molecule has 2 N–H and O–H groups in total. The summed E-state index contributed by atoms with van der Waals surface area (Å²) >= 11 is 0. The Morgan fingerprint density at radius 2 is 1.42 bits per heavy atom. The Morgan fingerprint density at radius 1 is 0.909 bits per heavy atom. The van der Waals surface area contributed by atoms with Gasteiger partial charge in [-0.2, -0.15) is 26.3 Å². The van der Waals surface area contributed by atoms with Gasteiger partial charge in [0.2, 0.25) is 6.10 Å². The number of amides is 2. The van der Waals surface area contributed by atoms with Crippen LogP contribution in [-0.2, 0) is 23.8 Å². The molecule has 0 saturated carbocycles. The number of hydrogen-bond donors (Lipinski definition) is 2. The number of Topliss-reactive ketones (excluding diaryl/α,β-unsaturated/α-hetero) is 1. The smallest absolute Gasteiger partial charge is 0.423 e. The second kappa shape index (κ2) is 11.9. The minimum Gasteiger partial charge on any atom is -0.444 e. The van der Waals surface area contributed by atoms with E-state index in [-0.39, 0.29) is 19.4 Å². The molecule has 1 atom stereocenters. The first-order valence-corrected chi connectivity index (χ1v) is 9.81. The normalized spacial score (nSPS) is 14.1. The topological polar surface area (TPSA) is 103 Å². The number of halogens is 6. The molecule has 14 heteroatoms. The predicted octanol–water partition coefficient (Wildman–Crippen LogP) is 3.28. The minimum absolute atomic E-state index is 0.0330. The van der Waals surface area contributed by atoms with Crippen LogP contribution in [0.15, 0.2) is 0 Å². The molecule has 0 fully saturated rings. The van der Waals surface area contributed by atoms with E-state index in [4.69, 9.17) is 9.47 Å². The van der Waals surface area contributed by atoms with Gasteiger partial charge in [0.25, 0.3) is 5.91 Å². The van der Waals surface area contributed by atoms with Gasteiger partial charge in [0.15, 0.2) is 5.78 Å². The van der Waals surface area contributed by atoms with Crippen LogP contribution in [0.2, 0.25) is 0 Å². The molecule has 0 aliphatic heterocycles. The lowest BCUT2D eigenvalue weighted by atomic mass is 10.0. The van der Waals surface area contributed by atoms with E-state index in [0.29, 0.717) is 0 Å². The van der Waals surface area contributed by atoms with Crippen LogP contribution in [0.25, 0.3) is 0 Å². The van der Waals surface area contributed by atoms with Crippen LogP contribution in [0.5, 0.6) is 0 Å². The molecule has 0 aromatic heterocycles. The maximum atomic E-state index is 12.6. The molecular weight excluding hydrogens is 466 g/mol. The first-order valence-electron chi connectivity index (χ1n) is 9.81. The summed E-state index contributed by atoms with van der Waals surface area (Å²) in [6.45, 7) is 5.97. The third kappa shape index (κ3) is 12.1. The van der Waals surface area contributed by atoms with Crippen molar-refractivity contribution < 1.29 is 54.9 Å². The number of nitrogens with one attached hydrogen (secondary N) is 2. The first kappa shape index (κ1) is 30.9. The lowest BCUT2D eigenvalue weighted by Crippen LogP contribution is -2.52. The van der Waals surface area contributed by atoms with Crippen molar-refractivity contribution in [3.8, 4) is 0 Å². The van der Waals surface area contributed by atoms with Crippen LogP contribution in [0.1, 0.15) is 47.5 Å². The lowest BCUT2D eigenvalue weighted by molar-refractivity contribution is -0.319. The van der Waals surface area contributed by atoms with Gasteiger partial charge in [-0.15, -0.1) is 0 Å². The monoisotopic (exact) mass is 496 g/mol. The van der Waals surface area contributed by atoms with Crippen molar-refractivity contribution in [2.45, 2.75) is 83.2 Å². The highest BCUT2D eigenvalue weighted by Gasteiger charge is 2.58. The van der Waals surface area contributed by atoms with Crippen LogP contribution in [0.3, 0.4) is 0 Å². The van der Waals surface area contributed by atoms with Crippen molar-refractivity contribution >= 4 is 17.8 Å². The Hall–Kier alpha value is -2.09. The first-order chi connectivity index (χ1) is 14.7. The highest BCUT2D eigenvalue weighted by molar-refractivity contribution is 5.92. The molecule has 0 aromatic carbocycles. The number of methoxy groups -OCH3 is 1. The molecule has 2 amide bonds. The fourth-order valence-electron chi connectivity index (χ4n) is 2.19. The van der Waals surface area contributed by atoms with Gasteiger partial charge in [-0.3, -0.25) is 9.59 Å². The van der Waals surface area contributed by atoms with Gasteiger partial charge in [0.05, 0.1) is 6.04 Å². The summed E-state index contributed by atoms with van der Waals surface area (Å²) in [7, 11) is 1.20. The quantitative estimate of drug-likeness (QED) is 0.336. The van der Waals surface area contributed by atoms with E-state index < -0.39 is 60.1 Å². The second-order valence-corrected chi connectivity index (χ2v) is 8.55. The Morgan fingerprint density at radius 3 is 1.85 bits per heavy atom. The van der Waals surface area contributed by atoms with Crippen molar-refractivity contribution in [2.24, 2.45) is 0 Å². The molecule has 0 bridgehead atoms. The van der Waals surface area contributed by atoms with E-state index in [0.717, 1.165) is 0 Å². The number of ether oxygens (including phenoxy) is 3. The third-order valence-electron chi connectivity index (χ3n) is 4.08. The molecule has 0 aliphatic rings. The van der Waals surface area contributed by atoms with Crippen LogP contribution < -0.4 is 10.6 Å². The Kier molecular flexibility index (Phi) is 11.1. The third-order valence-corrected chi connectivity index (χ3v) is 4.08. The van der Waals surface area contributed by atoms with E-state index in [9.17, 15) is 40.7 Å². The fraction of sp³-hybridized carbons (Fsp3) is 0.842. The molecule has 8 nitrogen and oxygen atoms in total. The zero-order valence-electron chi connectivity index (χ0n) is 19.2. The van der Waals surface area contributed by atoms with Crippen LogP contribution in [0, 0.1) is 0 Å². The highest BCUT2D eigenvalue weighted by Crippen LogP contribution is 2.35. The maximum Gasteiger partial charge on any atom is 0.423 e. The largest absolute Gasteiger partial charge is 0.444 e. The van der Waals surface area contributed by atoms with E-state index in [2.05, 4.69) is 15.4 Å². The number of alkyl carbamates (subject to hydrolysis) is 1. The number of carbonyl (C=O) groups is 3. The van der Waals surface area contributed by atoms with Crippen LogP contribution in [-0.4, -0.2) is 73.7 Å². The molecule has 0 heterocycles. The summed E-state index contributed by atoms with van der Waals surface area (Å²) in [6, 6.07) is -1.49. The van der Waals surface area contributed by atoms with Crippen molar-refractivity contribution in [1.82, 2.24) is 10.6 Å². The van der Waals surface area contributed by atoms with Gasteiger partial charge in [-0.1, -0.05) is 0 Å². The lowest BCUT2D eigenvalue weighted by Gasteiger charge is -2.27. The number of hydrogen-bond acceptors (Lipinski definition) is 6. The van der Waals surface area contributed by atoms with E-state index >= 15 is 0 Å². The predicted molar refractivity (Wildman–Crippen MR) is 103 cm³/mol. The maximum absolute atomic E-state index is 12.6. The van der Waals surface area contributed by atoms with Gasteiger partial charge in [0, 0.05) is 13.7 Å². The summed E-state index contributed by atoms with van der Waals surface area (Å²) in [6.07, 6.45) is -16.7. The van der Waals surface area contributed by atoms with Gasteiger partial charge in [-0.25, -0.2) is 4.79 Å². The van der Waals surface area contributed by atoms with Gasteiger partial charge < -0.3 is 24.8 Å². The molecule has 33 heavy (non-hydrogen) atoms. The van der Waals surface area contributed by atoms with Crippen molar-refractivity contribution in [3.63, 3.8) is 0 Å². The van der Waals surface area contributed by atoms with E-state index in [1.54, 1.807) is 20.8 Å². The van der Waals surface area contributed by atoms with E-state index in [1.807, 2.05) is 0 Å². The summed E-state index contributed by atoms with van der Waals surface area (Å²) in [5.74, 6) is -2.04. The molecule has 0 aliphatic carbocycles. The summed E-state index contributed by atoms with van der Waals surface area (Å²) in [5.41, 5.74) is -2.21. The number of alkyl halides is 6. The summed E-state index contributed by atoms with van der Waals surface area (Å²) in [4.78, 5) is 36.3. The molecule has 0 aromatic rings. The zero-order valence-corrected chi connectivity index (χ0v) is 19.2. The number of rotatable bonds is 11. The molecule has 194 valence electrons. The zero-order chi connectivity index (χ0) is 26.3.